The fourth-order valence-corrected chi connectivity index (χ4v) is 3.42. The van der Waals surface area contributed by atoms with Crippen molar-refractivity contribution in [3.63, 3.8) is 0 Å². The first kappa shape index (κ1) is 18.2. The standard InChI is InChI=1S/C19H21N3O3S/c1-14-10-18(21-25-14)20-19(23)13-22(12-16-7-5-9-26-16)11-15-6-3-4-8-17(15)24-2/h3-10H,11-13H2,1-2H3,(H,20,21,23). The summed E-state index contributed by atoms with van der Waals surface area (Å²) in [6, 6.07) is 13.6. The predicted molar refractivity (Wildman–Crippen MR) is 101 cm³/mol. The van der Waals surface area contributed by atoms with Crippen LogP contribution in [0.5, 0.6) is 5.75 Å². The smallest absolute Gasteiger partial charge is 0.239 e. The molecule has 1 amide bonds. The number of hydrogen-bond acceptors (Lipinski definition) is 6. The van der Waals surface area contributed by atoms with E-state index < -0.39 is 0 Å². The summed E-state index contributed by atoms with van der Waals surface area (Å²) >= 11 is 1.67. The molecule has 0 saturated heterocycles. The molecule has 0 aliphatic rings. The average molecular weight is 371 g/mol. The number of anilines is 1. The highest BCUT2D eigenvalue weighted by Gasteiger charge is 2.16. The zero-order valence-electron chi connectivity index (χ0n) is 14.8. The Hall–Kier alpha value is -2.64. The Kier molecular flexibility index (Phi) is 6.04. The molecular formula is C19H21N3O3S. The maximum absolute atomic E-state index is 12.4. The quantitative estimate of drug-likeness (QED) is 0.654. The molecule has 0 saturated carbocycles. The number of thiophene rings is 1. The summed E-state index contributed by atoms with van der Waals surface area (Å²) in [7, 11) is 1.65. The molecule has 3 aromatic rings. The van der Waals surface area contributed by atoms with Gasteiger partial charge in [-0.05, 0) is 24.4 Å². The summed E-state index contributed by atoms with van der Waals surface area (Å²) in [5.41, 5.74) is 1.04. The van der Waals surface area contributed by atoms with Gasteiger partial charge in [-0.3, -0.25) is 9.69 Å². The predicted octanol–water partition coefficient (Wildman–Crippen LogP) is 3.69. The minimum absolute atomic E-state index is 0.134. The summed E-state index contributed by atoms with van der Waals surface area (Å²) < 4.78 is 10.4. The largest absolute Gasteiger partial charge is 0.496 e. The summed E-state index contributed by atoms with van der Waals surface area (Å²) in [6.07, 6.45) is 0. The van der Waals surface area contributed by atoms with E-state index in [2.05, 4.69) is 21.4 Å². The van der Waals surface area contributed by atoms with E-state index in [9.17, 15) is 4.79 Å². The molecule has 6 nitrogen and oxygen atoms in total. The fourth-order valence-electron chi connectivity index (χ4n) is 2.68. The van der Waals surface area contributed by atoms with Crippen LogP contribution in [0.4, 0.5) is 5.82 Å². The van der Waals surface area contributed by atoms with Crippen molar-refractivity contribution in [2.75, 3.05) is 19.0 Å². The van der Waals surface area contributed by atoms with Gasteiger partial charge in [0.25, 0.3) is 0 Å². The van der Waals surface area contributed by atoms with Gasteiger partial charge in [-0.15, -0.1) is 11.3 Å². The Balaban J connectivity index is 1.71. The first-order valence-corrected chi connectivity index (χ1v) is 9.12. The van der Waals surface area contributed by atoms with E-state index in [0.717, 1.165) is 11.3 Å². The molecule has 0 atom stereocenters. The van der Waals surface area contributed by atoms with E-state index in [1.54, 1.807) is 31.4 Å². The van der Waals surface area contributed by atoms with Crippen LogP contribution in [-0.2, 0) is 17.9 Å². The molecule has 0 aliphatic carbocycles. The third-order valence-electron chi connectivity index (χ3n) is 3.81. The van der Waals surface area contributed by atoms with Crippen LogP contribution in [0.15, 0.2) is 52.4 Å². The molecule has 26 heavy (non-hydrogen) atoms. The lowest BCUT2D eigenvalue weighted by atomic mass is 10.2. The first-order chi connectivity index (χ1) is 12.6. The van der Waals surface area contributed by atoms with Crippen molar-refractivity contribution in [1.29, 1.82) is 0 Å². The number of rotatable bonds is 8. The van der Waals surface area contributed by atoms with Gasteiger partial charge in [0.1, 0.15) is 11.5 Å². The topological polar surface area (TPSA) is 67.6 Å². The van der Waals surface area contributed by atoms with Gasteiger partial charge in [-0.25, -0.2) is 0 Å². The maximum Gasteiger partial charge on any atom is 0.239 e. The van der Waals surface area contributed by atoms with Crippen molar-refractivity contribution in [3.8, 4) is 5.75 Å². The van der Waals surface area contributed by atoms with Gasteiger partial charge in [0.05, 0.1) is 13.7 Å². The zero-order valence-corrected chi connectivity index (χ0v) is 15.6. The van der Waals surface area contributed by atoms with E-state index >= 15 is 0 Å². The molecule has 1 aromatic carbocycles. The second-order valence-electron chi connectivity index (χ2n) is 5.91. The summed E-state index contributed by atoms with van der Waals surface area (Å²) in [4.78, 5) is 15.7. The van der Waals surface area contributed by atoms with Crippen LogP contribution >= 0.6 is 11.3 Å². The molecule has 3 rings (SSSR count). The Morgan fingerprint density at radius 2 is 2.12 bits per heavy atom. The molecule has 0 radical (unpaired) electrons. The SMILES string of the molecule is COc1ccccc1CN(CC(=O)Nc1cc(C)on1)Cc1cccs1. The number of methoxy groups -OCH3 is 1. The van der Waals surface area contributed by atoms with Crippen LogP contribution in [-0.4, -0.2) is 29.6 Å². The number of aryl methyl sites for hydroxylation is 1. The van der Waals surface area contributed by atoms with Gasteiger partial charge in [0.15, 0.2) is 5.82 Å². The molecule has 0 fully saturated rings. The van der Waals surface area contributed by atoms with Gasteiger partial charge < -0.3 is 14.6 Å². The van der Waals surface area contributed by atoms with Crippen LogP contribution in [0.3, 0.4) is 0 Å². The lowest BCUT2D eigenvalue weighted by Gasteiger charge is -2.22. The second kappa shape index (κ2) is 8.64. The number of benzene rings is 1. The Labute approximate surface area is 156 Å². The number of carbonyl (C=O) groups is 1. The number of carbonyl (C=O) groups excluding carboxylic acids is 1. The molecule has 2 heterocycles. The number of aromatic nitrogens is 1. The summed E-state index contributed by atoms with van der Waals surface area (Å²) in [6.45, 7) is 3.31. The fraction of sp³-hybridized carbons (Fsp3) is 0.263. The Morgan fingerprint density at radius 1 is 1.27 bits per heavy atom. The van der Waals surface area contributed by atoms with E-state index in [4.69, 9.17) is 9.26 Å². The monoisotopic (exact) mass is 371 g/mol. The molecule has 0 unspecified atom stereocenters. The third-order valence-corrected chi connectivity index (χ3v) is 4.67. The van der Waals surface area contributed by atoms with E-state index in [0.29, 0.717) is 24.7 Å². The number of amides is 1. The van der Waals surface area contributed by atoms with Crippen molar-refractivity contribution in [2.24, 2.45) is 0 Å². The highest BCUT2D eigenvalue weighted by molar-refractivity contribution is 7.09. The van der Waals surface area contributed by atoms with Crippen molar-refractivity contribution < 1.29 is 14.1 Å². The van der Waals surface area contributed by atoms with Gasteiger partial charge in [0, 0.05) is 29.6 Å². The summed E-state index contributed by atoms with van der Waals surface area (Å²) in [5, 5.41) is 8.62. The minimum atomic E-state index is -0.134. The molecule has 2 aromatic heterocycles. The van der Waals surface area contributed by atoms with Gasteiger partial charge >= 0.3 is 0 Å². The Bertz CT molecular complexity index is 845. The number of hydrogen-bond donors (Lipinski definition) is 1. The zero-order chi connectivity index (χ0) is 18.4. The van der Waals surface area contributed by atoms with Crippen LogP contribution in [0.2, 0.25) is 0 Å². The van der Waals surface area contributed by atoms with Crippen molar-refractivity contribution in [3.05, 3.63) is 64.0 Å². The van der Waals surface area contributed by atoms with Gasteiger partial charge in [0.2, 0.25) is 5.91 Å². The van der Waals surface area contributed by atoms with Crippen LogP contribution in [0, 0.1) is 6.92 Å². The second-order valence-corrected chi connectivity index (χ2v) is 6.94. The normalized spacial score (nSPS) is 10.9. The molecule has 7 heteroatoms. The van der Waals surface area contributed by atoms with Crippen molar-refractivity contribution >= 4 is 23.1 Å². The lowest BCUT2D eigenvalue weighted by Crippen LogP contribution is -2.32. The number of nitrogens with one attached hydrogen (secondary N) is 1. The highest BCUT2D eigenvalue weighted by Crippen LogP contribution is 2.21. The third kappa shape index (κ3) is 4.93. The van der Waals surface area contributed by atoms with Crippen molar-refractivity contribution in [2.45, 2.75) is 20.0 Å². The lowest BCUT2D eigenvalue weighted by molar-refractivity contribution is -0.117. The molecular weight excluding hydrogens is 350 g/mol. The Morgan fingerprint density at radius 3 is 2.81 bits per heavy atom. The van der Waals surface area contributed by atoms with E-state index in [1.807, 2.05) is 35.7 Å². The van der Waals surface area contributed by atoms with Gasteiger partial charge in [-0.2, -0.15) is 0 Å². The van der Waals surface area contributed by atoms with Gasteiger partial charge in [-0.1, -0.05) is 29.4 Å². The number of para-hydroxylation sites is 1. The molecule has 136 valence electrons. The molecule has 0 aliphatic heterocycles. The van der Waals surface area contributed by atoms with E-state index in [-0.39, 0.29) is 12.5 Å². The molecule has 0 spiro atoms. The van der Waals surface area contributed by atoms with Crippen LogP contribution in [0.1, 0.15) is 16.2 Å². The molecule has 0 bridgehead atoms. The molecule has 1 N–H and O–H groups in total. The van der Waals surface area contributed by atoms with Crippen molar-refractivity contribution in [1.82, 2.24) is 10.1 Å². The number of ether oxygens (including phenoxy) is 1. The maximum atomic E-state index is 12.4. The highest BCUT2D eigenvalue weighted by atomic mass is 32.1. The summed E-state index contributed by atoms with van der Waals surface area (Å²) in [5.74, 6) is 1.77. The minimum Gasteiger partial charge on any atom is -0.496 e. The van der Waals surface area contributed by atoms with Crippen LogP contribution in [0.25, 0.3) is 0 Å². The number of nitrogens with zero attached hydrogens (tertiary/aromatic N) is 2. The first-order valence-electron chi connectivity index (χ1n) is 8.24. The van der Waals surface area contributed by atoms with Crippen LogP contribution < -0.4 is 10.1 Å². The van der Waals surface area contributed by atoms with E-state index in [1.165, 1.54) is 4.88 Å². The average Bonchev–Trinajstić information content (AvgIpc) is 3.27.